The van der Waals surface area contributed by atoms with E-state index < -0.39 is 0 Å². The molecule has 0 unspecified atom stereocenters. The Balaban J connectivity index is 1.69. The molecule has 1 amide bonds. The summed E-state index contributed by atoms with van der Waals surface area (Å²) in [6.07, 6.45) is 3.59. The highest BCUT2D eigenvalue weighted by Gasteiger charge is 2.14. The molecule has 0 aliphatic heterocycles. The number of amides is 1. The zero-order chi connectivity index (χ0) is 19.0. The van der Waals surface area contributed by atoms with E-state index >= 15 is 0 Å². The van der Waals surface area contributed by atoms with Crippen LogP contribution >= 0.6 is 0 Å². The van der Waals surface area contributed by atoms with Gasteiger partial charge in [-0.15, -0.1) is 0 Å². The molecule has 0 aliphatic rings. The van der Waals surface area contributed by atoms with Crippen LogP contribution in [0.2, 0.25) is 0 Å². The van der Waals surface area contributed by atoms with E-state index in [4.69, 9.17) is 0 Å². The normalized spacial score (nSPS) is 10.9. The van der Waals surface area contributed by atoms with Crippen molar-refractivity contribution in [2.24, 2.45) is 7.05 Å². The van der Waals surface area contributed by atoms with Gasteiger partial charge in [0.05, 0.1) is 0 Å². The van der Waals surface area contributed by atoms with Crippen LogP contribution in [0.25, 0.3) is 22.0 Å². The van der Waals surface area contributed by atoms with Crippen molar-refractivity contribution in [3.05, 3.63) is 89.0 Å². The number of nitrogens with zero attached hydrogens (tertiary/aromatic N) is 2. The third kappa shape index (κ3) is 2.93. The van der Waals surface area contributed by atoms with Gasteiger partial charge in [0.15, 0.2) is 0 Å². The highest BCUT2D eigenvalue weighted by Crippen LogP contribution is 2.27. The minimum Gasteiger partial charge on any atom is -0.357 e. The third-order valence-electron chi connectivity index (χ3n) is 4.79. The molecule has 4 rings (SSSR count). The van der Waals surface area contributed by atoms with Gasteiger partial charge in [0.1, 0.15) is 5.52 Å². The summed E-state index contributed by atoms with van der Waals surface area (Å²) in [6, 6.07) is 18.9. The second-order valence-corrected chi connectivity index (χ2v) is 6.50. The second kappa shape index (κ2) is 6.61. The molecule has 0 bridgehead atoms. The van der Waals surface area contributed by atoms with Crippen LogP contribution in [0.15, 0.2) is 77.9 Å². The summed E-state index contributed by atoms with van der Waals surface area (Å²) in [6.45, 7) is 0. The van der Waals surface area contributed by atoms with E-state index in [2.05, 4.69) is 4.98 Å². The number of nitrogens with one attached hydrogen (secondary N) is 1. The van der Waals surface area contributed by atoms with Gasteiger partial charge in [-0.25, -0.2) is 0 Å². The maximum absolute atomic E-state index is 12.7. The highest BCUT2D eigenvalue weighted by molar-refractivity contribution is 6.06. The van der Waals surface area contributed by atoms with Gasteiger partial charge in [0.25, 0.3) is 11.5 Å². The van der Waals surface area contributed by atoms with Crippen molar-refractivity contribution in [2.45, 2.75) is 0 Å². The molecule has 134 valence electrons. The summed E-state index contributed by atoms with van der Waals surface area (Å²) in [5.74, 6) is -0.0694. The fourth-order valence-electron chi connectivity index (χ4n) is 3.25. The Morgan fingerprint density at radius 2 is 1.70 bits per heavy atom. The zero-order valence-corrected chi connectivity index (χ0v) is 15.1. The van der Waals surface area contributed by atoms with Gasteiger partial charge in [-0.2, -0.15) is 0 Å². The molecule has 0 spiro atoms. The number of H-pyrrole nitrogens is 1. The van der Waals surface area contributed by atoms with Crippen LogP contribution in [-0.4, -0.2) is 22.5 Å². The van der Waals surface area contributed by atoms with Gasteiger partial charge >= 0.3 is 0 Å². The van der Waals surface area contributed by atoms with E-state index in [1.54, 1.807) is 29.8 Å². The second-order valence-electron chi connectivity index (χ2n) is 6.50. The fourth-order valence-corrected chi connectivity index (χ4v) is 3.25. The molecule has 1 N–H and O–H groups in total. The van der Waals surface area contributed by atoms with E-state index in [0.29, 0.717) is 11.1 Å². The van der Waals surface area contributed by atoms with Crippen molar-refractivity contribution in [1.82, 2.24) is 9.55 Å². The van der Waals surface area contributed by atoms with Crippen LogP contribution in [-0.2, 0) is 7.05 Å². The lowest BCUT2D eigenvalue weighted by Crippen LogP contribution is -2.26. The van der Waals surface area contributed by atoms with Crippen LogP contribution in [0.3, 0.4) is 0 Å². The Kier molecular flexibility index (Phi) is 4.12. The fraction of sp³-hybridized carbons (Fsp3) is 0.0909. The molecule has 2 heterocycles. The number of carbonyl (C=O) groups is 1. The molecule has 4 aromatic rings. The van der Waals surface area contributed by atoms with E-state index in [0.717, 1.165) is 22.2 Å². The largest absolute Gasteiger partial charge is 0.357 e. The number of rotatable bonds is 3. The predicted molar refractivity (Wildman–Crippen MR) is 108 cm³/mol. The van der Waals surface area contributed by atoms with Crippen molar-refractivity contribution in [3.8, 4) is 11.1 Å². The summed E-state index contributed by atoms with van der Waals surface area (Å²) >= 11 is 0. The Bertz CT molecular complexity index is 1170. The first-order chi connectivity index (χ1) is 13.1. The Morgan fingerprint density at radius 3 is 2.41 bits per heavy atom. The van der Waals surface area contributed by atoms with Gasteiger partial charge in [-0.05, 0) is 35.9 Å². The lowest BCUT2D eigenvalue weighted by molar-refractivity contribution is 0.0993. The van der Waals surface area contributed by atoms with Crippen LogP contribution in [0.1, 0.15) is 10.4 Å². The van der Waals surface area contributed by atoms with Gasteiger partial charge in [-0.1, -0.05) is 30.3 Å². The monoisotopic (exact) mass is 357 g/mol. The number of benzene rings is 2. The summed E-state index contributed by atoms with van der Waals surface area (Å²) < 4.78 is 1.57. The van der Waals surface area contributed by atoms with Crippen molar-refractivity contribution in [3.63, 3.8) is 0 Å². The van der Waals surface area contributed by atoms with Crippen LogP contribution in [0.5, 0.6) is 0 Å². The number of para-hydroxylation sites is 1. The average molecular weight is 357 g/mol. The number of carbonyl (C=O) groups excluding carboxylic acids is 1. The smallest absolute Gasteiger partial charge is 0.274 e. The van der Waals surface area contributed by atoms with Gasteiger partial charge < -0.3 is 14.5 Å². The first kappa shape index (κ1) is 16.8. The Morgan fingerprint density at radius 1 is 1.00 bits per heavy atom. The topological polar surface area (TPSA) is 58.1 Å². The zero-order valence-electron chi connectivity index (χ0n) is 15.1. The lowest BCUT2D eigenvalue weighted by atomic mass is 10.0. The molecule has 5 heteroatoms. The molecular weight excluding hydrogens is 338 g/mol. The number of fused-ring (bicyclic) bond motifs is 1. The molecule has 0 aliphatic carbocycles. The van der Waals surface area contributed by atoms with Crippen molar-refractivity contribution in [2.75, 3.05) is 11.9 Å². The maximum Gasteiger partial charge on any atom is 0.274 e. The summed E-state index contributed by atoms with van der Waals surface area (Å²) in [4.78, 5) is 29.6. The number of hydrogen-bond donors (Lipinski definition) is 1. The number of anilines is 1. The SMILES string of the molecule is CN(C(=O)c1ccc(-c2cn(C)c(=O)c3[nH]ccc23)cc1)c1ccccc1. The molecule has 27 heavy (non-hydrogen) atoms. The lowest BCUT2D eigenvalue weighted by Gasteiger charge is -2.17. The first-order valence-electron chi connectivity index (χ1n) is 8.66. The molecule has 0 radical (unpaired) electrons. The van der Waals surface area contributed by atoms with E-state index in [-0.39, 0.29) is 11.5 Å². The first-order valence-corrected chi connectivity index (χ1v) is 8.66. The number of aryl methyl sites for hydroxylation is 1. The van der Waals surface area contributed by atoms with Crippen molar-refractivity contribution < 1.29 is 4.79 Å². The number of aromatic nitrogens is 2. The van der Waals surface area contributed by atoms with Crippen LogP contribution < -0.4 is 10.5 Å². The third-order valence-corrected chi connectivity index (χ3v) is 4.79. The van der Waals surface area contributed by atoms with Gasteiger partial charge in [-0.3, -0.25) is 9.59 Å². The molecule has 2 aromatic heterocycles. The molecule has 0 fully saturated rings. The maximum atomic E-state index is 12.7. The summed E-state index contributed by atoms with van der Waals surface area (Å²) in [5.41, 5.74) is 3.88. The quantitative estimate of drug-likeness (QED) is 0.606. The Labute approximate surface area is 156 Å². The van der Waals surface area contributed by atoms with E-state index in [9.17, 15) is 9.59 Å². The molecule has 0 atom stereocenters. The van der Waals surface area contributed by atoms with Crippen LogP contribution in [0, 0.1) is 0 Å². The highest BCUT2D eigenvalue weighted by atomic mass is 16.2. The summed E-state index contributed by atoms with van der Waals surface area (Å²) in [7, 11) is 3.50. The van der Waals surface area contributed by atoms with Gasteiger partial charge in [0.2, 0.25) is 0 Å². The van der Waals surface area contributed by atoms with E-state index in [1.807, 2.05) is 66.9 Å². The molecule has 0 saturated heterocycles. The van der Waals surface area contributed by atoms with Crippen molar-refractivity contribution in [1.29, 1.82) is 0 Å². The average Bonchev–Trinajstić information content (AvgIpc) is 3.20. The number of hydrogen-bond acceptors (Lipinski definition) is 2. The molecular formula is C22H19N3O2. The predicted octanol–water partition coefficient (Wildman–Crippen LogP) is 3.81. The van der Waals surface area contributed by atoms with Gasteiger partial charge in [0, 0.05) is 48.7 Å². The molecule has 5 nitrogen and oxygen atoms in total. The number of aromatic amines is 1. The molecule has 0 saturated carbocycles. The Hall–Kier alpha value is -3.60. The minimum absolute atomic E-state index is 0.0602. The van der Waals surface area contributed by atoms with Crippen molar-refractivity contribution >= 4 is 22.5 Å². The minimum atomic E-state index is -0.0694. The van der Waals surface area contributed by atoms with Crippen LogP contribution in [0.4, 0.5) is 5.69 Å². The standard InChI is InChI=1S/C22H19N3O2/c1-24-14-19(18-12-13-23-20(18)22(24)27)15-8-10-16(11-9-15)21(26)25(2)17-6-4-3-5-7-17/h3-14,23H,1-2H3. The number of pyridine rings is 1. The molecule has 2 aromatic carbocycles. The van der Waals surface area contributed by atoms with E-state index in [1.165, 1.54) is 0 Å². The summed E-state index contributed by atoms with van der Waals surface area (Å²) in [5, 5.41) is 0.874.